The van der Waals surface area contributed by atoms with E-state index in [1.54, 1.807) is 0 Å². The molecule has 0 fully saturated rings. The van der Waals surface area contributed by atoms with Crippen LogP contribution in [0.25, 0.3) is 0 Å². The minimum absolute atomic E-state index is 0.181. The molecule has 0 aromatic carbocycles. The highest BCUT2D eigenvalue weighted by Gasteiger charge is 2.36. The van der Waals surface area contributed by atoms with Gasteiger partial charge in [0, 0.05) is 23.7 Å². The first-order chi connectivity index (χ1) is 5.36. The molecule has 0 spiro atoms. The molecule has 0 amide bonds. The van der Waals surface area contributed by atoms with Crippen molar-refractivity contribution in [3.8, 4) is 0 Å². The molecule has 12 heavy (non-hydrogen) atoms. The van der Waals surface area contributed by atoms with E-state index in [9.17, 15) is 0 Å². The fourth-order valence-electron chi connectivity index (χ4n) is 1.17. The molecule has 0 unspecified atom stereocenters. The Morgan fingerprint density at radius 3 is 2.08 bits per heavy atom. The summed E-state index contributed by atoms with van der Waals surface area (Å²) in [6.07, 6.45) is 5.23. The van der Waals surface area contributed by atoms with E-state index in [4.69, 9.17) is 0 Å². The van der Waals surface area contributed by atoms with Crippen molar-refractivity contribution in [2.24, 2.45) is 15.8 Å². The zero-order valence-corrected chi connectivity index (χ0v) is 8.81. The fraction of sp³-hybridized carbons (Fsp3) is 0.727. The van der Waals surface area contributed by atoms with Gasteiger partial charge in [0.1, 0.15) is 0 Å². The summed E-state index contributed by atoms with van der Waals surface area (Å²) < 4.78 is 0. The minimum Gasteiger partial charge on any atom is -0.265 e. The summed E-state index contributed by atoms with van der Waals surface area (Å²) in [4.78, 5) is 4.41. The second-order valence-electron chi connectivity index (χ2n) is 5.01. The molecule has 0 bridgehead atoms. The standard InChI is InChI=1S/C11H19N/c1-10(2,3)11(4,5)9-7-6-8-12-9/h7-8H,6H2,1-5H3. The van der Waals surface area contributed by atoms with E-state index in [1.165, 1.54) is 5.70 Å². The van der Waals surface area contributed by atoms with Gasteiger partial charge in [-0.15, -0.1) is 0 Å². The van der Waals surface area contributed by atoms with Crippen LogP contribution in [0.15, 0.2) is 16.8 Å². The van der Waals surface area contributed by atoms with E-state index in [-0.39, 0.29) is 10.8 Å². The molecule has 1 heteroatoms. The highest BCUT2D eigenvalue weighted by Crippen LogP contribution is 2.45. The normalized spacial score (nSPS) is 18.2. The first-order valence-electron chi connectivity index (χ1n) is 4.59. The van der Waals surface area contributed by atoms with E-state index in [0.717, 1.165) is 6.42 Å². The molecule has 0 aliphatic carbocycles. The molecule has 1 aliphatic rings. The van der Waals surface area contributed by atoms with Gasteiger partial charge in [0.05, 0.1) is 0 Å². The number of nitrogens with zero attached hydrogens (tertiary/aromatic N) is 1. The molecule has 1 heterocycles. The summed E-state index contributed by atoms with van der Waals surface area (Å²) in [6, 6.07) is 0. The molecular weight excluding hydrogens is 146 g/mol. The van der Waals surface area contributed by atoms with Gasteiger partial charge in [0.15, 0.2) is 0 Å². The Labute approximate surface area is 75.6 Å². The smallest absolute Gasteiger partial charge is 0.0425 e. The van der Waals surface area contributed by atoms with Crippen LogP contribution in [0, 0.1) is 10.8 Å². The molecule has 1 aliphatic heterocycles. The van der Waals surface area contributed by atoms with Crippen molar-refractivity contribution in [3.05, 3.63) is 11.8 Å². The van der Waals surface area contributed by atoms with E-state index < -0.39 is 0 Å². The molecule has 1 nitrogen and oxygen atoms in total. The second kappa shape index (κ2) is 2.72. The van der Waals surface area contributed by atoms with Crippen molar-refractivity contribution in [3.63, 3.8) is 0 Å². The maximum Gasteiger partial charge on any atom is 0.0425 e. The van der Waals surface area contributed by atoms with Crippen molar-refractivity contribution in [1.29, 1.82) is 0 Å². The zero-order valence-electron chi connectivity index (χ0n) is 8.81. The minimum atomic E-state index is 0.181. The number of rotatable bonds is 1. The Hall–Kier alpha value is -0.590. The quantitative estimate of drug-likeness (QED) is 0.564. The molecule has 0 saturated carbocycles. The van der Waals surface area contributed by atoms with Crippen LogP contribution < -0.4 is 0 Å². The maximum absolute atomic E-state index is 4.41. The molecule has 0 N–H and O–H groups in total. The van der Waals surface area contributed by atoms with Gasteiger partial charge < -0.3 is 0 Å². The van der Waals surface area contributed by atoms with Gasteiger partial charge in [0.2, 0.25) is 0 Å². The molecule has 0 atom stereocenters. The highest BCUT2D eigenvalue weighted by molar-refractivity contribution is 5.65. The van der Waals surface area contributed by atoms with Crippen LogP contribution in [0.4, 0.5) is 0 Å². The van der Waals surface area contributed by atoms with Crippen LogP contribution in [0.3, 0.4) is 0 Å². The third kappa shape index (κ3) is 1.45. The Balaban J connectivity index is 2.92. The van der Waals surface area contributed by atoms with Crippen molar-refractivity contribution < 1.29 is 0 Å². The lowest BCUT2D eigenvalue weighted by Crippen LogP contribution is -2.30. The van der Waals surface area contributed by atoms with Crippen molar-refractivity contribution in [2.45, 2.75) is 41.0 Å². The molecule has 0 aromatic heterocycles. The number of allylic oxidation sites excluding steroid dienone is 2. The van der Waals surface area contributed by atoms with E-state index in [1.807, 2.05) is 6.21 Å². The van der Waals surface area contributed by atoms with Crippen LogP contribution in [0.5, 0.6) is 0 Å². The van der Waals surface area contributed by atoms with E-state index in [0.29, 0.717) is 0 Å². The van der Waals surface area contributed by atoms with Gasteiger partial charge in [-0.1, -0.05) is 40.7 Å². The van der Waals surface area contributed by atoms with Crippen LogP contribution in [-0.4, -0.2) is 6.21 Å². The third-order valence-electron chi connectivity index (χ3n) is 3.16. The summed E-state index contributed by atoms with van der Waals surface area (Å²) in [5.74, 6) is 0. The fourth-order valence-corrected chi connectivity index (χ4v) is 1.17. The number of aliphatic imine (C=N–C) groups is 1. The van der Waals surface area contributed by atoms with E-state index in [2.05, 4.69) is 45.7 Å². The summed E-state index contributed by atoms with van der Waals surface area (Å²) in [7, 11) is 0. The second-order valence-corrected chi connectivity index (χ2v) is 5.01. The maximum atomic E-state index is 4.41. The topological polar surface area (TPSA) is 12.4 Å². The van der Waals surface area contributed by atoms with Crippen LogP contribution >= 0.6 is 0 Å². The summed E-state index contributed by atoms with van der Waals surface area (Å²) >= 11 is 0. The van der Waals surface area contributed by atoms with Gasteiger partial charge in [-0.3, -0.25) is 4.99 Å². The Morgan fingerprint density at radius 2 is 1.75 bits per heavy atom. The Kier molecular flexibility index (Phi) is 2.15. The van der Waals surface area contributed by atoms with Gasteiger partial charge in [0.25, 0.3) is 0 Å². The van der Waals surface area contributed by atoms with Gasteiger partial charge in [-0.25, -0.2) is 0 Å². The monoisotopic (exact) mass is 165 g/mol. The van der Waals surface area contributed by atoms with E-state index >= 15 is 0 Å². The molecule has 1 rings (SSSR count). The molecule has 68 valence electrons. The first-order valence-corrected chi connectivity index (χ1v) is 4.59. The summed E-state index contributed by atoms with van der Waals surface area (Å²) in [5.41, 5.74) is 1.70. The molecular formula is C11H19N. The molecule has 0 saturated heterocycles. The van der Waals surface area contributed by atoms with Gasteiger partial charge in [-0.05, 0) is 5.41 Å². The predicted octanol–water partition coefficient (Wildman–Crippen LogP) is 3.42. The number of hydrogen-bond acceptors (Lipinski definition) is 1. The average molecular weight is 165 g/mol. The van der Waals surface area contributed by atoms with Crippen molar-refractivity contribution in [2.75, 3.05) is 0 Å². The van der Waals surface area contributed by atoms with Gasteiger partial charge in [-0.2, -0.15) is 0 Å². The average Bonchev–Trinajstić information content (AvgIpc) is 2.34. The highest BCUT2D eigenvalue weighted by atomic mass is 14.8. The zero-order chi connectivity index (χ0) is 9.41. The summed E-state index contributed by atoms with van der Waals surface area (Å²) in [6.45, 7) is 11.3. The predicted molar refractivity (Wildman–Crippen MR) is 54.4 cm³/mol. The van der Waals surface area contributed by atoms with Crippen LogP contribution in [-0.2, 0) is 0 Å². The first kappa shape index (κ1) is 9.50. The van der Waals surface area contributed by atoms with Gasteiger partial charge >= 0.3 is 0 Å². The number of hydrogen-bond donors (Lipinski definition) is 0. The summed E-state index contributed by atoms with van der Waals surface area (Å²) in [5, 5.41) is 0. The molecule has 0 radical (unpaired) electrons. The lowest BCUT2D eigenvalue weighted by Gasteiger charge is -2.38. The Morgan fingerprint density at radius 1 is 1.17 bits per heavy atom. The SMILES string of the molecule is CC(C)(C)C(C)(C)C1=CCC=N1. The van der Waals surface area contributed by atoms with Crippen LogP contribution in [0.2, 0.25) is 0 Å². The van der Waals surface area contributed by atoms with Crippen LogP contribution in [0.1, 0.15) is 41.0 Å². The van der Waals surface area contributed by atoms with Crippen molar-refractivity contribution in [1.82, 2.24) is 0 Å². The van der Waals surface area contributed by atoms with Crippen molar-refractivity contribution >= 4 is 6.21 Å². The lowest BCUT2D eigenvalue weighted by molar-refractivity contribution is 0.176. The lowest BCUT2D eigenvalue weighted by atomic mass is 9.67. The Bertz CT molecular complexity index is 226. The third-order valence-corrected chi connectivity index (χ3v) is 3.16. The molecule has 0 aromatic rings. The largest absolute Gasteiger partial charge is 0.265 e.